The van der Waals surface area contributed by atoms with Crippen LogP contribution >= 0.6 is 0 Å². The van der Waals surface area contributed by atoms with Crippen LogP contribution in [0.3, 0.4) is 0 Å². The van der Waals surface area contributed by atoms with Gasteiger partial charge in [0.25, 0.3) is 0 Å². The molecular weight excluding hydrogens is 222 g/mol. The number of ether oxygens (including phenoxy) is 1. The summed E-state index contributed by atoms with van der Waals surface area (Å²) in [6, 6.07) is 0. The smallest absolute Gasteiger partial charge is 0.417 e. The second-order valence-electron chi connectivity index (χ2n) is 4.60. The van der Waals surface area contributed by atoms with Gasteiger partial charge in [0, 0.05) is 18.3 Å². The molecule has 0 saturated heterocycles. The fourth-order valence-corrected chi connectivity index (χ4v) is 1.84. The third-order valence-corrected chi connectivity index (χ3v) is 2.99. The van der Waals surface area contributed by atoms with Crippen molar-refractivity contribution in [2.75, 3.05) is 7.11 Å². The quantitative estimate of drug-likeness (QED) is 0.802. The zero-order valence-electron chi connectivity index (χ0n) is 10.4. The summed E-state index contributed by atoms with van der Waals surface area (Å²) in [6.07, 6.45) is 4.35. The highest BCUT2D eigenvalue weighted by Gasteiger charge is 2.37. The number of hydrogen-bond acceptors (Lipinski definition) is 3. The zero-order valence-corrected chi connectivity index (χ0v) is 10.4. The molecule has 5 nitrogen and oxygen atoms in total. The van der Waals surface area contributed by atoms with Gasteiger partial charge < -0.3 is 9.84 Å². The lowest BCUT2D eigenvalue weighted by Crippen LogP contribution is -2.35. The molecule has 0 fully saturated rings. The lowest BCUT2D eigenvalue weighted by molar-refractivity contribution is -0.148. The van der Waals surface area contributed by atoms with Crippen LogP contribution in [0.2, 0.25) is 0 Å². The molecule has 17 heavy (non-hydrogen) atoms. The lowest BCUT2D eigenvalue weighted by Gasteiger charge is -2.32. The van der Waals surface area contributed by atoms with Crippen molar-refractivity contribution in [3.63, 3.8) is 0 Å². The van der Waals surface area contributed by atoms with E-state index >= 15 is 0 Å². The Hall–Kier alpha value is -1.78. The minimum Gasteiger partial charge on any atom is -0.481 e. The fourth-order valence-electron chi connectivity index (χ4n) is 1.84. The molecule has 1 amide bonds. The van der Waals surface area contributed by atoms with E-state index in [4.69, 9.17) is 5.11 Å². The second kappa shape index (κ2) is 4.61. The molecule has 1 heterocycles. The number of carboxylic acids is 1. The Morgan fingerprint density at radius 1 is 1.47 bits per heavy atom. The summed E-state index contributed by atoms with van der Waals surface area (Å²) in [5.41, 5.74) is -0.0930. The van der Waals surface area contributed by atoms with Crippen molar-refractivity contribution in [1.82, 2.24) is 4.90 Å². The van der Waals surface area contributed by atoms with Crippen LogP contribution in [0.5, 0.6) is 0 Å². The minimum absolute atomic E-state index is 0.235. The number of nitrogens with zero attached hydrogens (tertiary/aromatic N) is 1. The second-order valence-corrected chi connectivity index (χ2v) is 4.60. The third-order valence-electron chi connectivity index (χ3n) is 2.99. The number of aliphatic carboxylic acids is 1. The zero-order chi connectivity index (χ0) is 13.2. The molecule has 0 aromatic carbocycles. The fraction of sp³-hybridized carbons (Fsp3) is 0.500. The standard InChI is InChI=1S/C12H17NO4/c1-8-7-13(11(16)17-4)6-5-9(8)12(2,3)10(14)15/h5-7,9H,1-4H3,(H,14,15). The molecule has 1 aliphatic heterocycles. The molecule has 0 aromatic heterocycles. The number of amides is 1. The first-order valence-corrected chi connectivity index (χ1v) is 5.27. The molecule has 0 aliphatic carbocycles. The van der Waals surface area contributed by atoms with Crippen molar-refractivity contribution >= 4 is 12.1 Å². The Morgan fingerprint density at radius 2 is 2.06 bits per heavy atom. The van der Waals surface area contributed by atoms with Gasteiger partial charge in [-0.05, 0) is 26.3 Å². The van der Waals surface area contributed by atoms with Gasteiger partial charge in [-0.1, -0.05) is 6.08 Å². The van der Waals surface area contributed by atoms with Gasteiger partial charge in [-0.25, -0.2) is 4.79 Å². The molecule has 0 bridgehead atoms. The van der Waals surface area contributed by atoms with Gasteiger partial charge in [0.2, 0.25) is 0 Å². The Kier molecular flexibility index (Phi) is 3.60. The molecule has 0 aromatic rings. The van der Waals surface area contributed by atoms with Crippen molar-refractivity contribution in [2.45, 2.75) is 20.8 Å². The topological polar surface area (TPSA) is 66.8 Å². The summed E-state index contributed by atoms with van der Waals surface area (Å²) in [5.74, 6) is -1.10. The molecule has 0 spiro atoms. The van der Waals surface area contributed by atoms with E-state index in [-0.39, 0.29) is 5.92 Å². The van der Waals surface area contributed by atoms with Gasteiger partial charge >= 0.3 is 12.1 Å². The van der Waals surface area contributed by atoms with Crippen molar-refractivity contribution < 1.29 is 19.4 Å². The van der Waals surface area contributed by atoms with Crippen LogP contribution in [0, 0.1) is 11.3 Å². The van der Waals surface area contributed by atoms with E-state index in [9.17, 15) is 9.59 Å². The highest BCUT2D eigenvalue weighted by atomic mass is 16.5. The number of allylic oxidation sites excluding steroid dienone is 2. The monoisotopic (exact) mass is 239 g/mol. The van der Waals surface area contributed by atoms with Crippen LogP contribution in [0.25, 0.3) is 0 Å². The van der Waals surface area contributed by atoms with Gasteiger partial charge in [0.1, 0.15) is 0 Å². The largest absolute Gasteiger partial charge is 0.481 e. The van der Waals surface area contributed by atoms with Crippen LogP contribution in [0.15, 0.2) is 24.0 Å². The molecule has 0 radical (unpaired) electrons. The Morgan fingerprint density at radius 3 is 2.47 bits per heavy atom. The van der Waals surface area contributed by atoms with E-state index in [0.717, 1.165) is 5.57 Å². The molecule has 1 atom stereocenters. The van der Waals surface area contributed by atoms with E-state index in [0.29, 0.717) is 0 Å². The van der Waals surface area contributed by atoms with E-state index in [2.05, 4.69) is 4.74 Å². The van der Waals surface area contributed by atoms with E-state index in [1.807, 2.05) is 0 Å². The number of carbonyl (C=O) groups excluding carboxylic acids is 1. The molecule has 1 aliphatic rings. The van der Waals surface area contributed by atoms with Crippen LogP contribution < -0.4 is 0 Å². The number of carboxylic acid groups (broad SMARTS) is 1. The maximum Gasteiger partial charge on any atom is 0.417 e. The maximum absolute atomic E-state index is 11.3. The summed E-state index contributed by atoms with van der Waals surface area (Å²) < 4.78 is 4.58. The van der Waals surface area contributed by atoms with E-state index in [1.165, 1.54) is 18.2 Å². The van der Waals surface area contributed by atoms with Crippen molar-refractivity contribution in [1.29, 1.82) is 0 Å². The highest BCUT2D eigenvalue weighted by Crippen LogP contribution is 2.36. The molecule has 5 heteroatoms. The van der Waals surface area contributed by atoms with Crippen LogP contribution in [-0.4, -0.2) is 29.2 Å². The van der Waals surface area contributed by atoms with Gasteiger partial charge in [-0.15, -0.1) is 0 Å². The molecule has 94 valence electrons. The summed E-state index contributed by atoms with van der Waals surface area (Å²) in [5, 5.41) is 9.17. The summed E-state index contributed by atoms with van der Waals surface area (Å²) in [4.78, 5) is 23.8. The SMILES string of the molecule is COC(=O)N1C=CC(C(C)(C)C(=O)O)C(C)=C1. The van der Waals surface area contributed by atoms with Crippen molar-refractivity contribution in [3.8, 4) is 0 Å². The number of rotatable bonds is 2. The van der Waals surface area contributed by atoms with Gasteiger partial charge in [-0.3, -0.25) is 9.69 Å². The average Bonchev–Trinajstić information content (AvgIpc) is 2.27. The highest BCUT2D eigenvalue weighted by molar-refractivity contribution is 5.76. The van der Waals surface area contributed by atoms with Gasteiger partial charge in [-0.2, -0.15) is 0 Å². The number of hydrogen-bond donors (Lipinski definition) is 1. The molecule has 1 unspecified atom stereocenters. The van der Waals surface area contributed by atoms with Crippen molar-refractivity contribution in [3.05, 3.63) is 24.0 Å². The summed E-state index contributed by atoms with van der Waals surface area (Å²) in [7, 11) is 1.30. The minimum atomic E-state index is -0.903. The summed E-state index contributed by atoms with van der Waals surface area (Å²) >= 11 is 0. The van der Waals surface area contributed by atoms with Crippen LogP contribution in [0.4, 0.5) is 4.79 Å². The van der Waals surface area contributed by atoms with E-state index < -0.39 is 17.5 Å². The molecule has 0 saturated carbocycles. The first-order chi connectivity index (χ1) is 7.80. The molecular formula is C12H17NO4. The Labute approximate surface area is 100 Å². The third kappa shape index (κ3) is 2.49. The first kappa shape index (κ1) is 13.3. The first-order valence-electron chi connectivity index (χ1n) is 5.27. The van der Waals surface area contributed by atoms with Crippen LogP contribution in [-0.2, 0) is 9.53 Å². The van der Waals surface area contributed by atoms with Crippen molar-refractivity contribution in [2.24, 2.45) is 11.3 Å². The maximum atomic E-state index is 11.3. The summed E-state index contributed by atoms with van der Waals surface area (Å²) in [6.45, 7) is 5.12. The molecule has 1 rings (SSSR count). The average molecular weight is 239 g/mol. The predicted molar refractivity (Wildman–Crippen MR) is 62.0 cm³/mol. The van der Waals surface area contributed by atoms with Gasteiger partial charge in [0.15, 0.2) is 0 Å². The Bertz CT molecular complexity index is 395. The normalized spacial score (nSPS) is 19.9. The Balaban J connectivity index is 2.95. The predicted octanol–water partition coefficient (Wildman–Crippen LogP) is 2.21. The lowest BCUT2D eigenvalue weighted by atomic mass is 9.74. The number of carbonyl (C=O) groups is 2. The van der Waals surface area contributed by atoms with E-state index in [1.54, 1.807) is 33.0 Å². The van der Waals surface area contributed by atoms with Gasteiger partial charge in [0.05, 0.1) is 12.5 Å². The molecule has 1 N–H and O–H groups in total. The number of methoxy groups -OCH3 is 1. The van der Waals surface area contributed by atoms with Crippen LogP contribution in [0.1, 0.15) is 20.8 Å².